The molecule has 1 aromatic heterocycles. The molecule has 0 radical (unpaired) electrons. The van der Waals surface area contributed by atoms with Crippen molar-refractivity contribution in [3.63, 3.8) is 0 Å². The van der Waals surface area contributed by atoms with Crippen LogP contribution in [0.15, 0.2) is 24.5 Å². The zero-order chi connectivity index (χ0) is 7.40. The van der Waals surface area contributed by atoms with Gasteiger partial charge in [-0.05, 0) is 6.07 Å². The topological polar surface area (TPSA) is 38.9 Å². The molecular formula is C7H9FN2. The number of hydrogen-bond acceptors (Lipinski definition) is 2. The SMILES string of the molecule is NCC(F)c1cccnc1. The van der Waals surface area contributed by atoms with E-state index in [1.165, 1.54) is 6.20 Å². The van der Waals surface area contributed by atoms with Gasteiger partial charge in [0, 0.05) is 24.5 Å². The molecule has 3 heteroatoms. The second-order valence-corrected chi connectivity index (χ2v) is 1.99. The molecule has 0 spiro atoms. The lowest BCUT2D eigenvalue weighted by atomic mass is 10.2. The lowest BCUT2D eigenvalue weighted by Crippen LogP contribution is -2.07. The summed E-state index contributed by atoms with van der Waals surface area (Å²) in [6.07, 6.45) is 2.01. The number of hydrogen-bond donors (Lipinski definition) is 1. The monoisotopic (exact) mass is 140 g/mol. The van der Waals surface area contributed by atoms with Crippen LogP contribution in [0.5, 0.6) is 0 Å². The molecule has 0 fully saturated rings. The van der Waals surface area contributed by atoms with Gasteiger partial charge < -0.3 is 5.73 Å². The Morgan fingerprint density at radius 2 is 2.50 bits per heavy atom. The van der Waals surface area contributed by atoms with E-state index in [4.69, 9.17) is 5.73 Å². The van der Waals surface area contributed by atoms with Crippen LogP contribution in [0.2, 0.25) is 0 Å². The van der Waals surface area contributed by atoms with Crippen molar-refractivity contribution in [2.45, 2.75) is 6.17 Å². The Morgan fingerprint density at radius 3 is 3.00 bits per heavy atom. The Labute approximate surface area is 58.9 Å². The molecule has 1 atom stereocenters. The first kappa shape index (κ1) is 7.15. The van der Waals surface area contributed by atoms with E-state index in [1.807, 2.05) is 0 Å². The number of alkyl halides is 1. The van der Waals surface area contributed by atoms with E-state index in [9.17, 15) is 4.39 Å². The number of nitrogens with two attached hydrogens (primary N) is 1. The minimum Gasteiger partial charge on any atom is -0.327 e. The molecule has 1 rings (SSSR count). The van der Waals surface area contributed by atoms with Crippen LogP contribution in [0.1, 0.15) is 11.7 Å². The summed E-state index contributed by atoms with van der Waals surface area (Å²) in [6, 6.07) is 3.36. The summed E-state index contributed by atoms with van der Waals surface area (Å²) in [5, 5.41) is 0. The van der Waals surface area contributed by atoms with Gasteiger partial charge in [0.25, 0.3) is 0 Å². The van der Waals surface area contributed by atoms with Crippen molar-refractivity contribution in [3.8, 4) is 0 Å². The van der Waals surface area contributed by atoms with Gasteiger partial charge >= 0.3 is 0 Å². The van der Waals surface area contributed by atoms with E-state index in [-0.39, 0.29) is 6.54 Å². The Hall–Kier alpha value is -0.960. The van der Waals surface area contributed by atoms with Gasteiger partial charge in [0.15, 0.2) is 0 Å². The average Bonchev–Trinajstić information content (AvgIpc) is 2.05. The van der Waals surface area contributed by atoms with E-state index >= 15 is 0 Å². The molecule has 0 bridgehead atoms. The summed E-state index contributed by atoms with van der Waals surface area (Å²) in [6.45, 7) is 0.0195. The third kappa shape index (κ3) is 1.51. The van der Waals surface area contributed by atoms with Gasteiger partial charge in [-0.1, -0.05) is 6.07 Å². The lowest BCUT2D eigenvalue weighted by molar-refractivity contribution is 0.352. The normalized spacial score (nSPS) is 13.0. The minimum atomic E-state index is -1.08. The van der Waals surface area contributed by atoms with Crippen LogP contribution in [-0.4, -0.2) is 11.5 Å². The fourth-order valence-corrected chi connectivity index (χ4v) is 0.697. The maximum atomic E-state index is 12.7. The average molecular weight is 140 g/mol. The minimum absolute atomic E-state index is 0.0195. The van der Waals surface area contributed by atoms with Crippen LogP contribution in [0.3, 0.4) is 0 Å². The molecule has 54 valence electrons. The van der Waals surface area contributed by atoms with Crippen molar-refractivity contribution in [1.29, 1.82) is 0 Å². The van der Waals surface area contributed by atoms with Crippen LogP contribution in [-0.2, 0) is 0 Å². The van der Waals surface area contributed by atoms with Crippen LogP contribution < -0.4 is 5.73 Å². The highest BCUT2D eigenvalue weighted by molar-refractivity contribution is 5.11. The third-order valence-electron chi connectivity index (χ3n) is 1.25. The first-order valence-electron chi connectivity index (χ1n) is 3.08. The number of pyridine rings is 1. The highest BCUT2D eigenvalue weighted by Crippen LogP contribution is 2.12. The number of nitrogens with zero attached hydrogens (tertiary/aromatic N) is 1. The molecule has 0 amide bonds. The van der Waals surface area contributed by atoms with E-state index < -0.39 is 6.17 Å². The zero-order valence-electron chi connectivity index (χ0n) is 5.50. The summed E-state index contributed by atoms with van der Waals surface area (Å²) in [5.41, 5.74) is 5.65. The predicted molar refractivity (Wildman–Crippen MR) is 37.1 cm³/mol. The second kappa shape index (κ2) is 3.27. The summed E-state index contributed by atoms with van der Waals surface area (Å²) in [4.78, 5) is 3.76. The molecule has 2 nitrogen and oxygen atoms in total. The number of aromatic nitrogens is 1. The first-order chi connectivity index (χ1) is 4.84. The van der Waals surface area contributed by atoms with E-state index in [0.29, 0.717) is 5.56 Å². The van der Waals surface area contributed by atoms with E-state index in [0.717, 1.165) is 0 Å². The highest BCUT2D eigenvalue weighted by Gasteiger charge is 2.04. The maximum Gasteiger partial charge on any atom is 0.139 e. The molecular weight excluding hydrogens is 131 g/mol. The maximum absolute atomic E-state index is 12.7. The molecule has 2 N–H and O–H groups in total. The lowest BCUT2D eigenvalue weighted by Gasteiger charge is -2.02. The third-order valence-corrected chi connectivity index (χ3v) is 1.25. The second-order valence-electron chi connectivity index (χ2n) is 1.99. The molecule has 0 aliphatic heterocycles. The molecule has 10 heavy (non-hydrogen) atoms. The van der Waals surface area contributed by atoms with Crippen molar-refractivity contribution >= 4 is 0 Å². The Morgan fingerprint density at radius 1 is 1.70 bits per heavy atom. The van der Waals surface area contributed by atoms with Gasteiger partial charge in [-0.3, -0.25) is 4.98 Å². The van der Waals surface area contributed by atoms with Crippen molar-refractivity contribution in [2.24, 2.45) is 5.73 Å². The summed E-state index contributed by atoms with van der Waals surface area (Å²) in [7, 11) is 0. The van der Waals surface area contributed by atoms with Crippen molar-refractivity contribution in [3.05, 3.63) is 30.1 Å². The number of rotatable bonds is 2. The summed E-state index contributed by atoms with van der Waals surface area (Å²) in [5.74, 6) is 0. The smallest absolute Gasteiger partial charge is 0.139 e. The van der Waals surface area contributed by atoms with E-state index in [1.54, 1.807) is 18.3 Å². The molecule has 0 aliphatic rings. The zero-order valence-corrected chi connectivity index (χ0v) is 5.50. The summed E-state index contributed by atoms with van der Waals surface area (Å²) >= 11 is 0. The molecule has 0 saturated heterocycles. The molecule has 0 aromatic carbocycles. The molecule has 1 heterocycles. The Kier molecular flexibility index (Phi) is 2.34. The van der Waals surface area contributed by atoms with Crippen molar-refractivity contribution < 1.29 is 4.39 Å². The standard InChI is InChI=1S/C7H9FN2/c8-7(4-9)6-2-1-3-10-5-6/h1-3,5,7H,4,9H2. The van der Waals surface area contributed by atoms with Gasteiger partial charge in [0.05, 0.1) is 0 Å². The molecule has 0 aliphatic carbocycles. The van der Waals surface area contributed by atoms with Gasteiger partial charge in [-0.2, -0.15) is 0 Å². The fourth-order valence-electron chi connectivity index (χ4n) is 0.697. The predicted octanol–water partition coefficient (Wildman–Crippen LogP) is 1.05. The molecule has 1 unspecified atom stereocenters. The van der Waals surface area contributed by atoms with E-state index in [2.05, 4.69) is 4.98 Å². The van der Waals surface area contributed by atoms with Gasteiger partial charge in [0.1, 0.15) is 6.17 Å². The molecule has 1 aromatic rings. The van der Waals surface area contributed by atoms with Crippen LogP contribution >= 0.6 is 0 Å². The largest absolute Gasteiger partial charge is 0.327 e. The van der Waals surface area contributed by atoms with Gasteiger partial charge in [-0.25, -0.2) is 4.39 Å². The van der Waals surface area contributed by atoms with Crippen LogP contribution in [0.25, 0.3) is 0 Å². The summed E-state index contributed by atoms with van der Waals surface area (Å²) < 4.78 is 12.7. The molecule has 0 saturated carbocycles. The van der Waals surface area contributed by atoms with Crippen LogP contribution in [0.4, 0.5) is 4.39 Å². The fraction of sp³-hybridized carbons (Fsp3) is 0.286. The highest BCUT2D eigenvalue weighted by atomic mass is 19.1. The van der Waals surface area contributed by atoms with Crippen LogP contribution in [0, 0.1) is 0 Å². The van der Waals surface area contributed by atoms with Gasteiger partial charge in [0.2, 0.25) is 0 Å². The quantitative estimate of drug-likeness (QED) is 0.666. The van der Waals surface area contributed by atoms with Crippen molar-refractivity contribution in [1.82, 2.24) is 4.98 Å². The van der Waals surface area contributed by atoms with Crippen molar-refractivity contribution in [2.75, 3.05) is 6.54 Å². The Bertz CT molecular complexity index is 188. The Balaban J connectivity index is 2.75. The number of halogens is 1. The first-order valence-corrected chi connectivity index (χ1v) is 3.08. The van der Waals surface area contributed by atoms with Gasteiger partial charge in [-0.15, -0.1) is 0 Å².